The summed E-state index contributed by atoms with van der Waals surface area (Å²) in [5, 5.41) is 3.41. The topological polar surface area (TPSA) is 70.7 Å². The first kappa shape index (κ1) is 19.0. The van der Waals surface area contributed by atoms with Crippen molar-refractivity contribution in [2.45, 2.75) is 26.3 Å². The monoisotopic (exact) mass is 364 g/mol. The molecule has 0 saturated carbocycles. The maximum Gasteiger partial charge on any atom is 0.248 e. The molecule has 1 amide bonds. The van der Waals surface area contributed by atoms with Gasteiger partial charge in [0, 0.05) is 25.2 Å². The highest BCUT2D eigenvalue weighted by atomic mass is 16.1. The van der Waals surface area contributed by atoms with Gasteiger partial charge in [-0.2, -0.15) is 0 Å². The van der Waals surface area contributed by atoms with E-state index in [1.165, 1.54) is 12.0 Å². The molecule has 142 valence electrons. The number of amides is 1. The lowest BCUT2D eigenvalue weighted by Gasteiger charge is -2.21. The van der Waals surface area contributed by atoms with Crippen LogP contribution >= 0.6 is 0 Å². The number of hydrogen-bond donors (Lipinski definition) is 2. The van der Waals surface area contributed by atoms with Crippen molar-refractivity contribution in [2.24, 2.45) is 16.6 Å². The molecule has 2 aromatic carbocycles. The Balaban J connectivity index is 1.61. The van der Waals surface area contributed by atoms with Crippen LogP contribution in [0.5, 0.6) is 0 Å². The molecule has 27 heavy (non-hydrogen) atoms. The molecule has 0 radical (unpaired) electrons. The van der Waals surface area contributed by atoms with Crippen LogP contribution in [0.2, 0.25) is 0 Å². The molecule has 1 fully saturated rings. The number of benzene rings is 2. The highest BCUT2D eigenvalue weighted by Crippen LogP contribution is 2.21. The van der Waals surface area contributed by atoms with Crippen LogP contribution in [0.4, 0.5) is 0 Å². The minimum absolute atomic E-state index is 0.403. The first-order valence-electron chi connectivity index (χ1n) is 9.61. The van der Waals surface area contributed by atoms with Gasteiger partial charge in [0.05, 0.1) is 6.54 Å². The van der Waals surface area contributed by atoms with Crippen molar-refractivity contribution in [3.63, 3.8) is 0 Å². The predicted molar refractivity (Wildman–Crippen MR) is 110 cm³/mol. The molecule has 1 saturated heterocycles. The summed E-state index contributed by atoms with van der Waals surface area (Å²) < 4.78 is 0. The molecular formula is C22H28N4O. The number of carbonyl (C=O) groups excluding carboxylic acids is 1. The van der Waals surface area contributed by atoms with Gasteiger partial charge in [-0.05, 0) is 48.9 Å². The van der Waals surface area contributed by atoms with E-state index in [2.05, 4.69) is 47.5 Å². The molecule has 2 aromatic rings. The molecule has 0 aromatic heterocycles. The maximum atomic E-state index is 11.2. The van der Waals surface area contributed by atoms with E-state index in [9.17, 15) is 4.79 Å². The Morgan fingerprint density at radius 3 is 2.56 bits per heavy atom. The van der Waals surface area contributed by atoms with E-state index < -0.39 is 5.91 Å². The van der Waals surface area contributed by atoms with Crippen LogP contribution in [0.3, 0.4) is 0 Å². The highest BCUT2D eigenvalue weighted by Gasteiger charge is 2.24. The molecular weight excluding hydrogens is 336 g/mol. The van der Waals surface area contributed by atoms with Crippen LogP contribution in [0.1, 0.15) is 34.8 Å². The van der Waals surface area contributed by atoms with E-state index in [4.69, 9.17) is 10.7 Å². The number of guanidine groups is 1. The van der Waals surface area contributed by atoms with Gasteiger partial charge in [0.15, 0.2) is 5.96 Å². The summed E-state index contributed by atoms with van der Waals surface area (Å²) >= 11 is 0. The summed E-state index contributed by atoms with van der Waals surface area (Å²) in [6.07, 6.45) is 2.30. The number of nitrogens with two attached hydrogens (primary N) is 1. The molecule has 0 aliphatic carbocycles. The molecule has 3 N–H and O–H groups in total. The summed E-state index contributed by atoms with van der Waals surface area (Å²) in [7, 11) is 0. The van der Waals surface area contributed by atoms with E-state index in [0.29, 0.717) is 18.0 Å². The van der Waals surface area contributed by atoms with Gasteiger partial charge < -0.3 is 16.0 Å². The predicted octanol–water partition coefficient (Wildman–Crippen LogP) is 2.82. The van der Waals surface area contributed by atoms with Crippen LogP contribution in [-0.2, 0) is 13.0 Å². The average molecular weight is 364 g/mol. The molecule has 1 heterocycles. The van der Waals surface area contributed by atoms with E-state index >= 15 is 0 Å². The zero-order valence-corrected chi connectivity index (χ0v) is 15.9. The Morgan fingerprint density at radius 2 is 1.89 bits per heavy atom. The Kier molecular flexibility index (Phi) is 6.47. The normalized spacial score (nSPS) is 17.1. The van der Waals surface area contributed by atoms with Crippen LogP contribution in [0.15, 0.2) is 59.6 Å². The molecule has 0 spiro atoms. The lowest BCUT2D eigenvalue weighted by atomic mass is 9.99. The maximum absolute atomic E-state index is 11.2. The zero-order valence-electron chi connectivity index (χ0n) is 15.9. The summed E-state index contributed by atoms with van der Waals surface area (Å²) in [5.41, 5.74) is 8.29. The number of nitrogens with zero attached hydrogens (tertiary/aromatic N) is 2. The molecule has 0 bridgehead atoms. The van der Waals surface area contributed by atoms with E-state index in [0.717, 1.165) is 37.6 Å². The van der Waals surface area contributed by atoms with Gasteiger partial charge in [-0.25, -0.2) is 4.99 Å². The first-order valence-corrected chi connectivity index (χ1v) is 9.61. The number of nitrogens with one attached hydrogen (secondary N) is 1. The van der Waals surface area contributed by atoms with Crippen LogP contribution in [0, 0.1) is 5.92 Å². The van der Waals surface area contributed by atoms with Crippen molar-refractivity contribution >= 4 is 11.9 Å². The van der Waals surface area contributed by atoms with Crippen molar-refractivity contribution in [1.82, 2.24) is 10.2 Å². The Bertz CT molecular complexity index is 771. The number of aliphatic imine (C=N–C) groups is 1. The number of likely N-dealkylation sites (tertiary alicyclic amines) is 1. The molecule has 5 nitrogen and oxygen atoms in total. The van der Waals surface area contributed by atoms with E-state index in [1.54, 1.807) is 12.1 Å². The zero-order chi connectivity index (χ0) is 19.1. The van der Waals surface area contributed by atoms with Gasteiger partial charge in [0.2, 0.25) is 5.91 Å². The fraction of sp³-hybridized carbons (Fsp3) is 0.364. The van der Waals surface area contributed by atoms with Gasteiger partial charge >= 0.3 is 0 Å². The summed E-state index contributed by atoms with van der Waals surface area (Å²) in [4.78, 5) is 18.3. The summed E-state index contributed by atoms with van der Waals surface area (Å²) in [5.74, 6) is 1.22. The van der Waals surface area contributed by atoms with Crippen LogP contribution in [-0.4, -0.2) is 36.4 Å². The van der Waals surface area contributed by atoms with Crippen molar-refractivity contribution in [2.75, 3.05) is 19.6 Å². The minimum Gasteiger partial charge on any atom is -0.366 e. The van der Waals surface area contributed by atoms with Crippen molar-refractivity contribution < 1.29 is 4.79 Å². The van der Waals surface area contributed by atoms with Crippen LogP contribution in [0.25, 0.3) is 0 Å². The largest absolute Gasteiger partial charge is 0.366 e. The third-order valence-corrected chi connectivity index (χ3v) is 4.94. The molecule has 1 aliphatic rings. The minimum atomic E-state index is -0.403. The average Bonchev–Trinajstić information content (AvgIpc) is 3.14. The molecule has 3 rings (SSSR count). The van der Waals surface area contributed by atoms with E-state index in [1.807, 2.05) is 12.1 Å². The second-order valence-electron chi connectivity index (χ2n) is 7.02. The highest BCUT2D eigenvalue weighted by molar-refractivity contribution is 5.92. The second-order valence-corrected chi connectivity index (χ2v) is 7.02. The van der Waals surface area contributed by atoms with Crippen LogP contribution < -0.4 is 11.1 Å². The SMILES string of the molecule is CCNC(=NCc1ccc(C(N)=O)cc1)N1CCC(Cc2ccccc2)C1. The van der Waals surface area contributed by atoms with Gasteiger partial charge in [0.25, 0.3) is 0 Å². The van der Waals surface area contributed by atoms with Gasteiger partial charge in [0.1, 0.15) is 0 Å². The molecule has 1 aliphatic heterocycles. The fourth-order valence-electron chi connectivity index (χ4n) is 3.51. The molecule has 1 atom stereocenters. The quantitative estimate of drug-likeness (QED) is 0.612. The van der Waals surface area contributed by atoms with E-state index in [-0.39, 0.29) is 0 Å². The summed E-state index contributed by atoms with van der Waals surface area (Å²) in [6, 6.07) is 18.0. The lowest BCUT2D eigenvalue weighted by molar-refractivity contribution is 0.100. The third kappa shape index (κ3) is 5.33. The third-order valence-electron chi connectivity index (χ3n) is 4.94. The van der Waals surface area contributed by atoms with Crippen molar-refractivity contribution in [3.05, 3.63) is 71.3 Å². The Labute approximate surface area is 161 Å². The van der Waals surface area contributed by atoms with Crippen molar-refractivity contribution in [3.8, 4) is 0 Å². The van der Waals surface area contributed by atoms with Gasteiger partial charge in [-0.1, -0.05) is 42.5 Å². The first-order chi connectivity index (χ1) is 13.2. The number of primary amides is 1. The smallest absolute Gasteiger partial charge is 0.248 e. The lowest BCUT2D eigenvalue weighted by Crippen LogP contribution is -2.40. The van der Waals surface area contributed by atoms with Gasteiger partial charge in [-0.15, -0.1) is 0 Å². The Morgan fingerprint density at radius 1 is 1.15 bits per heavy atom. The Hall–Kier alpha value is -2.82. The second kappa shape index (κ2) is 9.21. The number of rotatable bonds is 6. The standard InChI is InChI=1S/C22H28N4O/c1-2-24-22(25-15-18-8-10-20(11-9-18)21(23)27)26-13-12-19(16-26)14-17-6-4-3-5-7-17/h3-11,19H,2,12-16H2,1H3,(H2,23,27)(H,24,25). The molecule has 1 unspecified atom stereocenters. The number of carbonyl (C=O) groups is 1. The number of hydrogen-bond acceptors (Lipinski definition) is 2. The summed E-state index contributed by atoms with van der Waals surface area (Å²) in [6.45, 7) is 5.58. The fourth-order valence-corrected chi connectivity index (χ4v) is 3.51. The molecule has 5 heteroatoms. The van der Waals surface area contributed by atoms with Crippen molar-refractivity contribution in [1.29, 1.82) is 0 Å². The van der Waals surface area contributed by atoms with Gasteiger partial charge in [-0.3, -0.25) is 4.79 Å².